The van der Waals surface area contributed by atoms with E-state index in [1.54, 1.807) is 47.6 Å². The van der Waals surface area contributed by atoms with E-state index in [-0.39, 0.29) is 17.0 Å². The molecule has 0 heterocycles. The average molecular weight is 549 g/mol. The van der Waals surface area contributed by atoms with Gasteiger partial charge in [-0.2, -0.15) is 0 Å². The lowest BCUT2D eigenvalue weighted by atomic mass is 10.2. The molecule has 3 N–H and O–H groups in total. The Hall–Kier alpha value is -4.48. The van der Waals surface area contributed by atoms with E-state index in [2.05, 4.69) is 20.1 Å². The number of nitrogens with one attached hydrogen (secondary N) is 2. The highest BCUT2D eigenvalue weighted by atomic mass is 16.6. The van der Waals surface area contributed by atoms with Gasteiger partial charge in [-0.1, -0.05) is 0 Å². The van der Waals surface area contributed by atoms with Crippen LogP contribution >= 0.6 is 0 Å². The highest BCUT2D eigenvalue weighted by Crippen LogP contribution is 2.27. The molecule has 2 aromatic carbocycles. The summed E-state index contributed by atoms with van der Waals surface area (Å²) < 4.78 is 24.5. The summed E-state index contributed by atoms with van der Waals surface area (Å²) in [6.45, 7) is 10.5. The van der Waals surface area contributed by atoms with Crippen molar-refractivity contribution in [3.05, 3.63) is 47.5 Å². The molecule has 0 fully saturated rings. The fraction of sp³-hybridized carbons (Fsp3) is 0.407. The van der Waals surface area contributed by atoms with Gasteiger partial charge < -0.3 is 28.8 Å². The minimum atomic E-state index is -0.686. The number of phenols is 1. The molecule has 39 heavy (non-hydrogen) atoms. The van der Waals surface area contributed by atoms with E-state index in [9.17, 15) is 24.3 Å². The van der Waals surface area contributed by atoms with Gasteiger partial charge in [0.05, 0.1) is 43.8 Å². The molecular weight excluding hydrogens is 512 g/mol. The Morgan fingerprint density at radius 3 is 1.46 bits per heavy atom. The minimum Gasteiger partial charge on any atom is -0.506 e. The van der Waals surface area contributed by atoms with Crippen molar-refractivity contribution < 1.29 is 48.0 Å². The van der Waals surface area contributed by atoms with Crippen LogP contribution in [0.25, 0.3) is 0 Å². The maximum Gasteiger partial charge on any atom is 0.412 e. The highest BCUT2D eigenvalue weighted by Gasteiger charge is 2.19. The molecule has 0 saturated carbocycles. The normalized spacial score (nSPS) is 10.7. The van der Waals surface area contributed by atoms with E-state index in [1.165, 1.54) is 51.7 Å². The smallest absolute Gasteiger partial charge is 0.412 e. The first-order valence-electron chi connectivity index (χ1n) is 11.7. The van der Waals surface area contributed by atoms with Gasteiger partial charge in [-0.15, -0.1) is 0 Å². The van der Waals surface area contributed by atoms with Gasteiger partial charge in [0.15, 0.2) is 0 Å². The summed E-state index contributed by atoms with van der Waals surface area (Å²) in [4.78, 5) is 45.9. The van der Waals surface area contributed by atoms with E-state index in [0.717, 1.165) is 0 Å². The van der Waals surface area contributed by atoms with E-state index in [1.807, 2.05) is 0 Å². The van der Waals surface area contributed by atoms with Crippen molar-refractivity contribution in [1.29, 1.82) is 0 Å². The lowest BCUT2D eigenvalue weighted by Crippen LogP contribution is -2.27. The Morgan fingerprint density at radius 2 is 1.08 bits per heavy atom. The first kappa shape index (κ1) is 32.5. The van der Waals surface area contributed by atoms with Gasteiger partial charge in [0.2, 0.25) is 0 Å². The van der Waals surface area contributed by atoms with Crippen molar-refractivity contribution >= 4 is 35.5 Å². The first-order valence-corrected chi connectivity index (χ1v) is 11.7. The summed E-state index contributed by atoms with van der Waals surface area (Å²) >= 11 is 0. The molecule has 2 amide bonds. The summed E-state index contributed by atoms with van der Waals surface area (Å²) in [6.07, 6.45) is -1.28. The lowest BCUT2D eigenvalue weighted by molar-refractivity contribution is 0.0591. The zero-order valence-corrected chi connectivity index (χ0v) is 23.6. The standard InChI is InChI=1S/C14H19NO5.C13H17NO5/c1-14(2,3)20-13(17)15-10-7-6-9(12(16)19-5)8-11(10)18-4;1-13(2,3)19-12(17)14-9-6-5-8(7-10(9)15)11(16)18-4/h6-8H,1-5H3,(H,15,17);5-7,15H,1-4H3,(H,14,17). The van der Waals surface area contributed by atoms with Crippen LogP contribution in [0.5, 0.6) is 11.5 Å². The molecule has 12 nitrogen and oxygen atoms in total. The fourth-order valence-corrected chi connectivity index (χ4v) is 2.75. The van der Waals surface area contributed by atoms with Crippen LogP contribution in [-0.4, -0.2) is 61.8 Å². The Labute approximate surface area is 227 Å². The fourth-order valence-electron chi connectivity index (χ4n) is 2.75. The topological polar surface area (TPSA) is 159 Å². The molecule has 0 aliphatic rings. The molecule has 2 rings (SSSR count). The Morgan fingerprint density at radius 1 is 0.667 bits per heavy atom. The number of rotatable bonds is 5. The maximum atomic E-state index is 11.7. The molecule has 2 aromatic rings. The zero-order valence-electron chi connectivity index (χ0n) is 23.6. The van der Waals surface area contributed by atoms with E-state index < -0.39 is 35.3 Å². The molecule has 214 valence electrons. The molecule has 0 bridgehead atoms. The van der Waals surface area contributed by atoms with Gasteiger partial charge >= 0.3 is 24.1 Å². The Bertz CT molecular complexity index is 1180. The van der Waals surface area contributed by atoms with Gasteiger partial charge in [-0.25, -0.2) is 19.2 Å². The summed E-state index contributed by atoms with van der Waals surface area (Å²) in [5.41, 5.74) is -0.139. The highest BCUT2D eigenvalue weighted by molar-refractivity contribution is 5.93. The Balaban J connectivity index is 0.000000391. The van der Waals surface area contributed by atoms with Crippen LogP contribution in [0.15, 0.2) is 36.4 Å². The number of benzene rings is 2. The van der Waals surface area contributed by atoms with Crippen LogP contribution in [0.1, 0.15) is 62.3 Å². The van der Waals surface area contributed by atoms with Crippen molar-refractivity contribution in [2.75, 3.05) is 32.0 Å². The molecule has 0 aromatic heterocycles. The Kier molecular flexibility index (Phi) is 11.6. The van der Waals surface area contributed by atoms with Gasteiger partial charge in [0.25, 0.3) is 0 Å². The van der Waals surface area contributed by atoms with Crippen LogP contribution in [-0.2, 0) is 18.9 Å². The molecule has 0 spiro atoms. The van der Waals surface area contributed by atoms with Crippen molar-refractivity contribution in [3.8, 4) is 11.5 Å². The van der Waals surface area contributed by atoms with Gasteiger partial charge in [-0.05, 0) is 77.9 Å². The zero-order chi connectivity index (χ0) is 30.0. The number of aromatic hydroxyl groups is 1. The van der Waals surface area contributed by atoms with Gasteiger partial charge in [-0.3, -0.25) is 10.6 Å². The van der Waals surface area contributed by atoms with E-state index >= 15 is 0 Å². The number of phenolic OH excluding ortho intramolecular Hbond substituents is 1. The van der Waals surface area contributed by atoms with E-state index in [4.69, 9.17) is 14.2 Å². The average Bonchev–Trinajstić information content (AvgIpc) is 2.82. The number of anilines is 2. The largest absolute Gasteiger partial charge is 0.506 e. The summed E-state index contributed by atoms with van der Waals surface area (Å²) in [5, 5.41) is 14.7. The lowest BCUT2D eigenvalue weighted by Gasteiger charge is -2.20. The summed E-state index contributed by atoms with van der Waals surface area (Å²) in [5.74, 6) is -0.946. The van der Waals surface area contributed by atoms with Crippen LogP contribution in [0.3, 0.4) is 0 Å². The second kappa shape index (κ2) is 13.9. The molecule has 0 saturated heterocycles. The number of hydrogen-bond donors (Lipinski definition) is 3. The minimum absolute atomic E-state index is 0.155. The van der Waals surface area contributed by atoms with Crippen LogP contribution in [0.4, 0.5) is 21.0 Å². The van der Waals surface area contributed by atoms with Crippen molar-refractivity contribution in [2.45, 2.75) is 52.7 Å². The van der Waals surface area contributed by atoms with E-state index in [0.29, 0.717) is 17.0 Å². The third-order valence-corrected chi connectivity index (χ3v) is 4.31. The molecule has 0 radical (unpaired) electrons. The third kappa shape index (κ3) is 11.6. The molecule has 12 heteroatoms. The number of esters is 2. The second-order valence-corrected chi connectivity index (χ2v) is 9.88. The van der Waals surface area contributed by atoms with Crippen LogP contribution in [0, 0.1) is 0 Å². The number of amides is 2. The van der Waals surface area contributed by atoms with Crippen LogP contribution in [0.2, 0.25) is 0 Å². The van der Waals surface area contributed by atoms with Crippen molar-refractivity contribution in [1.82, 2.24) is 0 Å². The number of carbonyl (C=O) groups is 4. The maximum absolute atomic E-state index is 11.7. The van der Waals surface area contributed by atoms with Crippen LogP contribution < -0.4 is 15.4 Å². The first-order chi connectivity index (χ1) is 18.0. The number of hydrogen-bond acceptors (Lipinski definition) is 10. The van der Waals surface area contributed by atoms with Crippen molar-refractivity contribution in [3.63, 3.8) is 0 Å². The predicted octanol–water partition coefficient (Wildman–Crippen LogP) is 5.35. The number of methoxy groups -OCH3 is 3. The number of carbonyl (C=O) groups excluding carboxylic acids is 4. The molecular formula is C27H36N2O10. The summed E-state index contributed by atoms with van der Waals surface area (Å²) in [6, 6.07) is 8.59. The van der Waals surface area contributed by atoms with Gasteiger partial charge in [0.1, 0.15) is 22.7 Å². The molecule has 0 aliphatic heterocycles. The van der Waals surface area contributed by atoms with Gasteiger partial charge in [0, 0.05) is 0 Å². The predicted molar refractivity (Wildman–Crippen MR) is 143 cm³/mol. The molecule has 0 unspecified atom stereocenters. The molecule has 0 atom stereocenters. The van der Waals surface area contributed by atoms with Crippen molar-refractivity contribution in [2.24, 2.45) is 0 Å². The molecule has 0 aliphatic carbocycles. The SMILES string of the molecule is COC(=O)c1ccc(NC(=O)OC(C)(C)C)c(O)c1.COC(=O)c1ccc(NC(=O)OC(C)(C)C)c(OC)c1. The quantitative estimate of drug-likeness (QED) is 0.252. The summed E-state index contributed by atoms with van der Waals surface area (Å²) in [7, 11) is 3.98. The third-order valence-electron chi connectivity index (χ3n) is 4.31. The second-order valence-electron chi connectivity index (χ2n) is 9.88. The number of ether oxygens (including phenoxy) is 5. The monoisotopic (exact) mass is 548 g/mol.